The van der Waals surface area contributed by atoms with Crippen molar-refractivity contribution in [3.8, 4) is 0 Å². The minimum absolute atomic E-state index is 0.0148. The van der Waals surface area contributed by atoms with Crippen molar-refractivity contribution in [3.63, 3.8) is 0 Å². The first-order chi connectivity index (χ1) is 25.3. The third kappa shape index (κ3) is 6.89. The smallest absolute Gasteiger partial charge is 0.190 e. The quantitative estimate of drug-likeness (QED) is 0.146. The Morgan fingerprint density at radius 3 is 1.87 bits per heavy atom. The number of hydrogen-bond acceptors (Lipinski definition) is 12. The van der Waals surface area contributed by atoms with Crippen LogP contribution in [0.15, 0.2) is 23.3 Å². The molecule has 0 bridgehead atoms. The van der Waals surface area contributed by atoms with Crippen LogP contribution in [0.4, 0.5) is 0 Å². The van der Waals surface area contributed by atoms with Crippen LogP contribution in [0.5, 0.6) is 0 Å². The summed E-state index contributed by atoms with van der Waals surface area (Å²) < 4.78 is 35.1. The molecule has 12 nitrogen and oxygen atoms in total. The standard InChI is InChI=1S/C42H70O12/c1-21(2)12-11-13-22(3)23-14-18-42(8)28(23)24(43)20-26-40(6)17-16-27(39(4,5)25(40)15-19-41(26,42)7)51-38-34(30(45)33(48)36(50-10)54-38)52-37-32(47)29(44)31(46)35(49-9)53-37/h12-13,23-38,43-48H,11,14-20H2,1-10H3/b22-13-. The highest BCUT2D eigenvalue weighted by molar-refractivity contribution is 5.23. The Balaban J connectivity index is 1.23. The second kappa shape index (κ2) is 15.6. The summed E-state index contributed by atoms with van der Waals surface area (Å²) >= 11 is 0. The fraction of sp³-hybridized carbons (Fsp3) is 0.905. The van der Waals surface area contributed by atoms with Gasteiger partial charge in [-0.3, -0.25) is 0 Å². The van der Waals surface area contributed by atoms with Crippen LogP contribution in [0, 0.1) is 45.3 Å². The van der Waals surface area contributed by atoms with Gasteiger partial charge >= 0.3 is 0 Å². The monoisotopic (exact) mass is 766 g/mol. The molecule has 2 saturated heterocycles. The summed E-state index contributed by atoms with van der Waals surface area (Å²) in [5, 5.41) is 65.9. The van der Waals surface area contributed by atoms with Crippen molar-refractivity contribution < 1.29 is 59.1 Å². The Labute approximate surface area is 322 Å². The molecule has 54 heavy (non-hydrogen) atoms. The van der Waals surface area contributed by atoms with Gasteiger partial charge in [0.15, 0.2) is 25.2 Å². The van der Waals surface area contributed by atoms with E-state index in [0.29, 0.717) is 18.3 Å². The summed E-state index contributed by atoms with van der Waals surface area (Å²) in [7, 11) is 2.64. The molecule has 6 aliphatic rings. The third-order valence-electron chi connectivity index (χ3n) is 16.0. The Hall–Kier alpha value is -1.00. The second-order valence-electron chi connectivity index (χ2n) is 19.2. The van der Waals surface area contributed by atoms with Gasteiger partial charge in [0, 0.05) is 14.2 Å². The Kier molecular flexibility index (Phi) is 12.3. The van der Waals surface area contributed by atoms with E-state index in [-0.39, 0.29) is 45.7 Å². The second-order valence-corrected chi connectivity index (χ2v) is 19.2. The molecular formula is C42H70O12. The van der Waals surface area contributed by atoms with Gasteiger partial charge in [-0.05, 0) is 117 Å². The molecule has 6 N–H and O–H groups in total. The minimum Gasteiger partial charge on any atom is -0.393 e. The molecule has 19 unspecified atom stereocenters. The average Bonchev–Trinajstić information content (AvgIpc) is 3.49. The Morgan fingerprint density at radius 1 is 0.648 bits per heavy atom. The molecule has 0 amide bonds. The molecule has 6 rings (SSSR count). The summed E-state index contributed by atoms with van der Waals surface area (Å²) in [6.07, 6.45) is -3.07. The molecule has 4 saturated carbocycles. The summed E-state index contributed by atoms with van der Waals surface area (Å²) in [5.74, 6) is 1.21. The molecule has 19 atom stereocenters. The predicted octanol–water partition coefficient (Wildman–Crippen LogP) is 4.18. The molecule has 12 heteroatoms. The molecule has 310 valence electrons. The van der Waals surface area contributed by atoms with Crippen LogP contribution in [0.1, 0.15) is 107 Å². The number of fused-ring (bicyclic) bond motifs is 5. The third-order valence-corrected chi connectivity index (χ3v) is 16.0. The number of ether oxygens (including phenoxy) is 6. The van der Waals surface area contributed by atoms with Crippen LogP contribution >= 0.6 is 0 Å². The van der Waals surface area contributed by atoms with Crippen molar-refractivity contribution >= 4 is 0 Å². The van der Waals surface area contributed by atoms with E-state index < -0.39 is 61.8 Å². The maximum Gasteiger partial charge on any atom is 0.190 e. The van der Waals surface area contributed by atoms with E-state index >= 15 is 0 Å². The van der Waals surface area contributed by atoms with Gasteiger partial charge in [-0.2, -0.15) is 0 Å². The first kappa shape index (κ1) is 42.6. The minimum atomic E-state index is -1.69. The fourth-order valence-electron chi connectivity index (χ4n) is 12.8. The molecule has 0 aromatic rings. The molecule has 4 aliphatic carbocycles. The van der Waals surface area contributed by atoms with Crippen LogP contribution in [-0.2, 0) is 28.4 Å². The predicted molar refractivity (Wildman–Crippen MR) is 199 cm³/mol. The van der Waals surface area contributed by atoms with Crippen LogP contribution in [0.2, 0.25) is 0 Å². The van der Waals surface area contributed by atoms with E-state index in [9.17, 15) is 30.6 Å². The lowest BCUT2D eigenvalue weighted by atomic mass is 9.35. The number of hydrogen-bond donors (Lipinski definition) is 6. The molecular weight excluding hydrogens is 696 g/mol. The molecule has 2 heterocycles. The number of methoxy groups -OCH3 is 2. The number of rotatable bonds is 9. The normalized spacial score (nSPS) is 51.9. The molecule has 2 aliphatic heterocycles. The van der Waals surface area contributed by atoms with Crippen LogP contribution in [0.3, 0.4) is 0 Å². The number of allylic oxidation sites excluding steroid dienone is 4. The number of aliphatic hydroxyl groups is 6. The van der Waals surface area contributed by atoms with Gasteiger partial charge in [0.25, 0.3) is 0 Å². The summed E-state index contributed by atoms with van der Waals surface area (Å²) in [6.45, 7) is 18.5. The Bertz CT molecular complexity index is 1380. The van der Waals surface area contributed by atoms with Crippen molar-refractivity contribution in [2.45, 2.75) is 181 Å². The summed E-state index contributed by atoms with van der Waals surface area (Å²) in [6, 6.07) is 0. The topological polar surface area (TPSA) is 177 Å². The van der Waals surface area contributed by atoms with E-state index in [1.165, 1.54) is 25.4 Å². The first-order valence-corrected chi connectivity index (χ1v) is 20.3. The summed E-state index contributed by atoms with van der Waals surface area (Å²) in [5.41, 5.74) is 2.40. The lowest BCUT2D eigenvalue weighted by Crippen LogP contribution is -2.67. The van der Waals surface area contributed by atoms with E-state index in [1.807, 2.05) is 0 Å². The van der Waals surface area contributed by atoms with Gasteiger partial charge in [0.2, 0.25) is 0 Å². The summed E-state index contributed by atoms with van der Waals surface area (Å²) in [4.78, 5) is 0. The average molecular weight is 767 g/mol. The first-order valence-electron chi connectivity index (χ1n) is 20.3. The van der Waals surface area contributed by atoms with Crippen molar-refractivity contribution in [1.29, 1.82) is 0 Å². The Morgan fingerprint density at radius 2 is 1.24 bits per heavy atom. The van der Waals surface area contributed by atoms with Crippen molar-refractivity contribution in [1.82, 2.24) is 0 Å². The van der Waals surface area contributed by atoms with Gasteiger partial charge in [-0.25, -0.2) is 0 Å². The van der Waals surface area contributed by atoms with E-state index in [2.05, 4.69) is 67.5 Å². The van der Waals surface area contributed by atoms with Gasteiger partial charge in [-0.1, -0.05) is 57.9 Å². The number of aliphatic hydroxyl groups excluding tert-OH is 6. The maximum atomic E-state index is 12.2. The van der Waals surface area contributed by atoms with Crippen molar-refractivity contribution in [2.24, 2.45) is 45.3 Å². The van der Waals surface area contributed by atoms with Crippen LogP contribution < -0.4 is 0 Å². The maximum absolute atomic E-state index is 12.2. The molecule has 0 aromatic heterocycles. The van der Waals surface area contributed by atoms with Crippen LogP contribution in [0.25, 0.3) is 0 Å². The SMILES string of the molecule is COC1OC(OC2C(OC3CCC4(C)C(CCC5(C)C4CC(O)C4C(/C(C)=C\CC=C(C)C)CCC45C)C3(C)C)OC(OC)C(O)C2O)C(O)C(O)C1O. The highest BCUT2D eigenvalue weighted by atomic mass is 16.8. The molecule has 0 aromatic carbocycles. The molecule has 0 radical (unpaired) electrons. The van der Waals surface area contributed by atoms with Gasteiger partial charge in [0.1, 0.15) is 36.6 Å². The van der Waals surface area contributed by atoms with Crippen molar-refractivity contribution in [3.05, 3.63) is 23.3 Å². The lowest BCUT2D eigenvalue weighted by Gasteiger charge is -2.70. The van der Waals surface area contributed by atoms with Gasteiger partial charge < -0.3 is 59.1 Å². The van der Waals surface area contributed by atoms with Gasteiger partial charge in [0.05, 0.1) is 12.2 Å². The zero-order chi connectivity index (χ0) is 39.7. The van der Waals surface area contributed by atoms with E-state index in [0.717, 1.165) is 44.9 Å². The van der Waals surface area contributed by atoms with Gasteiger partial charge in [-0.15, -0.1) is 0 Å². The zero-order valence-corrected chi connectivity index (χ0v) is 34.2. The molecule has 0 spiro atoms. The fourth-order valence-corrected chi connectivity index (χ4v) is 12.8. The largest absolute Gasteiger partial charge is 0.393 e. The highest BCUT2D eigenvalue weighted by Crippen LogP contribution is 2.75. The highest BCUT2D eigenvalue weighted by Gasteiger charge is 2.70. The van der Waals surface area contributed by atoms with E-state index in [4.69, 9.17) is 28.4 Å². The molecule has 6 fully saturated rings. The van der Waals surface area contributed by atoms with E-state index in [1.54, 1.807) is 0 Å². The zero-order valence-electron chi connectivity index (χ0n) is 34.2. The van der Waals surface area contributed by atoms with Crippen molar-refractivity contribution in [2.75, 3.05) is 14.2 Å². The lowest BCUT2D eigenvalue weighted by molar-refractivity contribution is -0.408. The van der Waals surface area contributed by atoms with Crippen LogP contribution in [-0.4, -0.2) is 119 Å².